The van der Waals surface area contributed by atoms with Crippen molar-refractivity contribution in [3.8, 4) is 5.75 Å². The van der Waals surface area contributed by atoms with E-state index in [1.807, 2.05) is 32.0 Å². The Hall–Kier alpha value is -3.87. The van der Waals surface area contributed by atoms with Gasteiger partial charge in [-0.3, -0.25) is 9.59 Å². The molecule has 0 atom stereocenters. The minimum Gasteiger partial charge on any atom is -0.496 e. The zero-order valence-corrected chi connectivity index (χ0v) is 19.6. The van der Waals surface area contributed by atoms with Gasteiger partial charge in [0, 0.05) is 34.6 Å². The van der Waals surface area contributed by atoms with Crippen LogP contribution in [-0.2, 0) is 22.4 Å². The first kappa shape index (κ1) is 21.9. The summed E-state index contributed by atoms with van der Waals surface area (Å²) in [6.07, 6.45) is 5.82. The lowest BCUT2D eigenvalue weighted by molar-refractivity contribution is -0.116. The van der Waals surface area contributed by atoms with Crippen molar-refractivity contribution in [1.29, 1.82) is 0 Å². The number of amidine groups is 1. The van der Waals surface area contributed by atoms with Crippen LogP contribution < -0.4 is 15.1 Å². The molecule has 2 amide bonds. The number of para-hydroxylation sites is 1. The van der Waals surface area contributed by atoms with Crippen LogP contribution in [0, 0.1) is 6.92 Å². The van der Waals surface area contributed by atoms with E-state index in [4.69, 9.17) is 9.15 Å². The smallest absolute Gasteiger partial charge is 0.255 e. The van der Waals surface area contributed by atoms with Crippen LogP contribution in [0.4, 0.5) is 5.69 Å². The molecule has 2 aliphatic rings. The molecule has 0 saturated carbocycles. The van der Waals surface area contributed by atoms with Gasteiger partial charge < -0.3 is 14.5 Å². The fraction of sp³-hybridized carbons (Fsp3) is 0.296. The summed E-state index contributed by atoms with van der Waals surface area (Å²) in [5.74, 6) is 1.56. The second kappa shape index (κ2) is 8.82. The number of nitrogens with one attached hydrogen (secondary N) is 1. The molecule has 3 aromatic rings. The summed E-state index contributed by atoms with van der Waals surface area (Å²) in [7, 11) is 1.63. The Bertz CT molecular complexity index is 1350. The largest absolute Gasteiger partial charge is 0.496 e. The van der Waals surface area contributed by atoms with E-state index in [9.17, 15) is 9.59 Å². The maximum atomic E-state index is 12.8. The first-order valence-electron chi connectivity index (χ1n) is 11.5. The number of rotatable bonds is 4. The van der Waals surface area contributed by atoms with Crippen LogP contribution in [-0.4, -0.2) is 24.8 Å². The Morgan fingerprint density at radius 3 is 2.74 bits per heavy atom. The SMILES string of the molecule is COc1c(/C(C)=C/C(=O)NC2=NN(c3ccccc3)C(=O)C2)cc2c3c(oc2c1C)CCCC3. The van der Waals surface area contributed by atoms with Crippen molar-refractivity contribution in [2.75, 3.05) is 12.1 Å². The number of anilines is 1. The molecular formula is C27H27N3O4. The van der Waals surface area contributed by atoms with Crippen LogP contribution >= 0.6 is 0 Å². The number of nitrogens with zero attached hydrogens (tertiary/aromatic N) is 2. The quantitative estimate of drug-likeness (QED) is 0.565. The molecule has 1 N–H and O–H groups in total. The monoisotopic (exact) mass is 457 g/mol. The summed E-state index contributed by atoms with van der Waals surface area (Å²) in [6, 6.07) is 11.2. The topological polar surface area (TPSA) is 84.1 Å². The number of hydrogen-bond donors (Lipinski definition) is 1. The van der Waals surface area contributed by atoms with E-state index in [-0.39, 0.29) is 18.2 Å². The summed E-state index contributed by atoms with van der Waals surface area (Å²) < 4.78 is 11.9. The van der Waals surface area contributed by atoms with Gasteiger partial charge in [-0.05, 0) is 56.9 Å². The van der Waals surface area contributed by atoms with Gasteiger partial charge in [0.15, 0.2) is 0 Å². The van der Waals surface area contributed by atoms with E-state index in [0.717, 1.165) is 59.1 Å². The third-order valence-corrected chi connectivity index (χ3v) is 6.45. The summed E-state index contributed by atoms with van der Waals surface area (Å²) in [4.78, 5) is 25.2. The first-order chi connectivity index (χ1) is 16.5. The molecule has 1 aliphatic carbocycles. The molecule has 0 fully saturated rings. The van der Waals surface area contributed by atoms with E-state index in [1.165, 1.54) is 16.6 Å². The summed E-state index contributed by atoms with van der Waals surface area (Å²) >= 11 is 0. The lowest BCUT2D eigenvalue weighted by atomic mass is 9.93. The molecular weight excluding hydrogens is 430 g/mol. The van der Waals surface area contributed by atoms with Crippen molar-refractivity contribution in [3.63, 3.8) is 0 Å². The zero-order valence-electron chi connectivity index (χ0n) is 19.6. The summed E-state index contributed by atoms with van der Waals surface area (Å²) in [6.45, 7) is 3.87. The molecule has 1 aliphatic heterocycles. The van der Waals surface area contributed by atoms with Crippen molar-refractivity contribution >= 4 is 39.9 Å². The normalized spacial score (nSPS) is 16.0. The van der Waals surface area contributed by atoms with Gasteiger partial charge >= 0.3 is 0 Å². The Morgan fingerprint density at radius 2 is 1.97 bits per heavy atom. The van der Waals surface area contributed by atoms with Crippen molar-refractivity contribution in [2.45, 2.75) is 46.0 Å². The van der Waals surface area contributed by atoms with Gasteiger partial charge in [0.25, 0.3) is 5.91 Å². The molecule has 7 heteroatoms. The molecule has 34 heavy (non-hydrogen) atoms. The number of hydrazone groups is 1. The number of carbonyl (C=O) groups excluding carboxylic acids is 2. The predicted octanol–water partition coefficient (Wildman–Crippen LogP) is 4.90. The number of aryl methyl sites for hydroxylation is 3. The van der Waals surface area contributed by atoms with Gasteiger partial charge in [0.2, 0.25) is 5.91 Å². The van der Waals surface area contributed by atoms with Gasteiger partial charge in [0.05, 0.1) is 19.2 Å². The number of benzene rings is 2. The number of methoxy groups -OCH3 is 1. The summed E-state index contributed by atoms with van der Waals surface area (Å²) in [5.41, 5.74) is 5.35. The second-order valence-corrected chi connectivity index (χ2v) is 8.75. The molecule has 7 nitrogen and oxygen atoms in total. The fourth-order valence-electron chi connectivity index (χ4n) is 4.82. The molecule has 0 radical (unpaired) electrons. The molecule has 5 rings (SSSR count). The number of fused-ring (bicyclic) bond motifs is 3. The van der Waals surface area contributed by atoms with Crippen LogP contribution in [0.5, 0.6) is 5.75 Å². The highest BCUT2D eigenvalue weighted by atomic mass is 16.5. The summed E-state index contributed by atoms with van der Waals surface area (Å²) in [5, 5.41) is 9.46. The van der Waals surface area contributed by atoms with Crippen molar-refractivity contribution in [1.82, 2.24) is 5.32 Å². The Morgan fingerprint density at radius 1 is 1.21 bits per heavy atom. The predicted molar refractivity (Wildman–Crippen MR) is 132 cm³/mol. The van der Waals surface area contributed by atoms with Gasteiger partial charge in [-0.25, -0.2) is 0 Å². The molecule has 2 aromatic carbocycles. The molecule has 2 heterocycles. The molecule has 0 bridgehead atoms. The minimum atomic E-state index is -0.340. The average molecular weight is 458 g/mol. The maximum Gasteiger partial charge on any atom is 0.255 e. The number of carbonyl (C=O) groups is 2. The molecule has 0 spiro atoms. The second-order valence-electron chi connectivity index (χ2n) is 8.75. The highest BCUT2D eigenvalue weighted by molar-refractivity contribution is 6.17. The van der Waals surface area contributed by atoms with Gasteiger partial charge in [-0.1, -0.05) is 18.2 Å². The molecule has 0 saturated heterocycles. The van der Waals surface area contributed by atoms with Crippen LogP contribution in [0.3, 0.4) is 0 Å². The van der Waals surface area contributed by atoms with E-state index in [2.05, 4.69) is 16.5 Å². The van der Waals surface area contributed by atoms with Gasteiger partial charge in [-0.2, -0.15) is 10.1 Å². The lowest BCUT2D eigenvalue weighted by Crippen LogP contribution is -2.28. The highest BCUT2D eigenvalue weighted by Gasteiger charge is 2.26. The zero-order chi connectivity index (χ0) is 23.8. The number of hydrogen-bond acceptors (Lipinski definition) is 5. The Kier molecular flexibility index (Phi) is 5.69. The first-order valence-corrected chi connectivity index (χ1v) is 11.5. The molecule has 174 valence electrons. The van der Waals surface area contributed by atoms with Crippen molar-refractivity contribution in [2.24, 2.45) is 5.10 Å². The van der Waals surface area contributed by atoms with Crippen LogP contribution in [0.25, 0.3) is 16.5 Å². The van der Waals surface area contributed by atoms with Crippen molar-refractivity contribution < 1.29 is 18.7 Å². The highest BCUT2D eigenvalue weighted by Crippen LogP contribution is 2.41. The van der Waals surface area contributed by atoms with E-state index in [0.29, 0.717) is 17.3 Å². The number of allylic oxidation sites excluding steroid dienone is 1. The van der Waals surface area contributed by atoms with E-state index < -0.39 is 0 Å². The fourth-order valence-corrected chi connectivity index (χ4v) is 4.82. The van der Waals surface area contributed by atoms with Gasteiger partial charge in [0.1, 0.15) is 22.9 Å². The lowest BCUT2D eigenvalue weighted by Gasteiger charge is -2.13. The standard InChI is InChI=1S/C27H27N3O4/c1-16(13-24(31)28-23-15-25(32)30(29-23)18-9-5-4-6-10-18)20-14-21-19-11-7-8-12-22(19)34-27(21)17(2)26(20)33-3/h4-6,9-10,13-14H,7-8,11-12,15H2,1-3H3,(H,28,29,31)/b16-13+. The maximum absolute atomic E-state index is 12.8. The van der Waals surface area contributed by atoms with Crippen LogP contribution in [0.2, 0.25) is 0 Å². The molecule has 0 unspecified atom stereocenters. The molecule has 1 aromatic heterocycles. The van der Waals surface area contributed by atoms with E-state index in [1.54, 1.807) is 19.2 Å². The van der Waals surface area contributed by atoms with Crippen LogP contribution in [0.1, 0.15) is 48.6 Å². The Labute approximate surface area is 198 Å². The van der Waals surface area contributed by atoms with Crippen LogP contribution in [0.15, 0.2) is 52.0 Å². The number of furan rings is 1. The van der Waals surface area contributed by atoms with E-state index >= 15 is 0 Å². The minimum absolute atomic E-state index is 0.0447. The van der Waals surface area contributed by atoms with Crippen molar-refractivity contribution in [3.05, 3.63) is 64.9 Å². The van der Waals surface area contributed by atoms with Gasteiger partial charge in [-0.15, -0.1) is 0 Å². The Balaban J connectivity index is 1.43. The third-order valence-electron chi connectivity index (χ3n) is 6.45. The third kappa shape index (κ3) is 3.87. The number of amides is 2. The average Bonchev–Trinajstić information content (AvgIpc) is 3.39. The number of ether oxygens (including phenoxy) is 1.